The van der Waals surface area contributed by atoms with E-state index < -0.39 is 4.92 Å². The van der Waals surface area contributed by atoms with E-state index in [1.54, 1.807) is 23.5 Å². The first-order valence-corrected chi connectivity index (χ1v) is 10.1. The van der Waals surface area contributed by atoms with Crippen molar-refractivity contribution in [2.75, 3.05) is 0 Å². The van der Waals surface area contributed by atoms with Crippen LogP contribution in [0.15, 0.2) is 57.8 Å². The molecule has 0 fully saturated rings. The molecule has 0 spiro atoms. The van der Waals surface area contributed by atoms with Gasteiger partial charge in [0.25, 0.3) is 11.2 Å². The number of thiophene rings is 1. The molecule has 3 rings (SSSR count). The van der Waals surface area contributed by atoms with Gasteiger partial charge in [0.1, 0.15) is 0 Å². The van der Waals surface area contributed by atoms with Crippen LogP contribution in [-0.4, -0.2) is 20.8 Å². The quantitative estimate of drug-likeness (QED) is 0.252. The van der Waals surface area contributed by atoms with Crippen molar-refractivity contribution in [1.29, 1.82) is 0 Å². The SMILES string of the molecule is O=C(Cc1cc(=O)[nH]c(SCc2cccc([N+](=O)[O-])c2)n1)NCc1cccs1. The molecule has 0 radical (unpaired) electrons. The molecule has 0 bridgehead atoms. The monoisotopic (exact) mass is 416 g/mol. The van der Waals surface area contributed by atoms with Crippen molar-refractivity contribution in [2.24, 2.45) is 0 Å². The largest absolute Gasteiger partial charge is 0.351 e. The molecule has 0 aliphatic heterocycles. The fraction of sp³-hybridized carbons (Fsp3) is 0.167. The minimum Gasteiger partial charge on any atom is -0.351 e. The van der Waals surface area contributed by atoms with Crippen LogP contribution < -0.4 is 10.9 Å². The van der Waals surface area contributed by atoms with Crippen LogP contribution >= 0.6 is 23.1 Å². The van der Waals surface area contributed by atoms with Crippen molar-refractivity contribution < 1.29 is 9.72 Å². The molecule has 1 amide bonds. The summed E-state index contributed by atoms with van der Waals surface area (Å²) in [4.78, 5) is 42.3. The highest BCUT2D eigenvalue weighted by atomic mass is 32.2. The molecule has 0 saturated carbocycles. The summed E-state index contributed by atoms with van der Waals surface area (Å²) in [6.45, 7) is 0.439. The molecule has 0 unspecified atom stereocenters. The Morgan fingerprint density at radius 1 is 1.29 bits per heavy atom. The van der Waals surface area contributed by atoms with Crippen molar-refractivity contribution in [1.82, 2.24) is 15.3 Å². The Morgan fingerprint density at radius 3 is 2.89 bits per heavy atom. The maximum absolute atomic E-state index is 12.1. The van der Waals surface area contributed by atoms with Crippen LogP contribution in [0.3, 0.4) is 0 Å². The number of rotatable bonds is 8. The first-order valence-electron chi connectivity index (χ1n) is 8.25. The standard InChI is InChI=1S/C18H16N4O4S2/c23-16(19-10-15-5-2-6-27-15)8-13-9-17(24)21-18(20-13)28-11-12-3-1-4-14(7-12)22(25)26/h1-7,9H,8,10-11H2,(H,19,23)(H,20,21,24). The van der Waals surface area contributed by atoms with Crippen LogP contribution in [-0.2, 0) is 23.5 Å². The maximum atomic E-state index is 12.1. The van der Waals surface area contributed by atoms with Crippen molar-refractivity contribution in [3.05, 3.63) is 84.4 Å². The van der Waals surface area contributed by atoms with E-state index in [2.05, 4.69) is 15.3 Å². The number of aromatic nitrogens is 2. The molecule has 3 aromatic rings. The lowest BCUT2D eigenvalue weighted by atomic mass is 10.2. The van der Waals surface area contributed by atoms with Crippen molar-refractivity contribution in [3.63, 3.8) is 0 Å². The van der Waals surface area contributed by atoms with Gasteiger partial charge in [0.05, 0.1) is 23.6 Å². The molecule has 10 heteroatoms. The molecular weight excluding hydrogens is 400 g/mol. The van der Waals surface area contributed by atoms with Gasteiger partial charge in [-0.3, -0.25) is 19.7 Å². The third kappa shape index (κ3) is 5.76. The number of nitro groups is 1. The third-order valence-electron chi connectivity index (χ3n) is 3.65. The zero-order chi connectivity index (χ0) is 19.9. The Kier molecular flexibility index (Phi) is 6.56. The number of amides is 1. The smallest absolute Gasteiger partial charge is 0.269 e. The van der Waals surface area contributed by atoms with Crippen LogP contribution in [0, 0.1) is 10.1 Å². The highest BCUT2D eigenvalue weighted by Gasteiger charge is 2.10. The first kappa shape index (κ1) is 19.8. The Balaban J connectivity index is 1.61. The molecule has 144 valence electrons. The molecule has 0 atom stereocenters. The fourth-order valence-corrected chi connectivity index (χ4v) is 3.86. The number of nitrogens with zero attached hydrogens (tertiary/aromatic N) is 2. The number of benzene rings is 1. The lowest BCUT2D eigenvalue weighted by Crippen LogP contribution is -2.25. The minimum atomic E-state index is -0.455. The first-order chi connectivity index (χ1) is 13.5. The van der Waals surface area contributed by atoms with E-state index in [1.807, 2.05) is 17.5 Å². The Labute approximate surface area is 168 Å². The molecule has 0 aliphatic rings. The van der Waals surface area contributed by atoms with Crippen molar-refractivity contribution in [3.8, 4) is 0 Å². The zero-order valence-electron chi connectivity index (χ0n) is 14.6. The second-order valence-corrected chi connectivity index (χ2v) is 7.79. The summed E-state index contributed by atoms with van der Waals surface area (Å²) in [7, 11) is 0. The lowest BCUT2D eigenvalue weighted by molar-refractivity contribution is -0.384. The van der Waals surface area contributed by atoms with Crippen molar-refractivity contribution in [2.45, 2.75) is 23.9 Å². The summed E-state index contributed by atoms with van der Waals surface area (Å²) >= 11 is 2.79. The number of nitrogens with one attached hydrogen (secondary N) is 2. The van der Waals surface area contributed by atoms with Crippen molar-refractivity contribution >= 4 is 34.7 Å². The highest BCUT2D eigenvalue weighted by molar-refractivity contribution is 7.98. The van der Waals surface area contributed by atoms with E-state index in [0.29, 0.717) is 23.1 Å². The number of non-ortho nitro benzene ring substituents is 1. The number of thioether (sulfide) groups is 1. The van der Waals surface area contributed by atoms with E-state index in [9.17, 15) is 19.7 Å². The average molecular weight is 416 g/mol. The number of nitro benzene ring substituents is 1. The van der Waals surface area contributed by atoms with E-state index >= 15 is 0 Å². The summed E-state index contributed by atoms with van der Waals surface area (Å²) < 4.78 is 0. The van der Waals surface area contributed by atoms with Gasteiger partial charge in [-0.2, -0.15) is 0 Å². The van der Waals surface area contributed by atoms with E-state index in [4.69, 9.17) is 0 Å². The molecule has 8 nitrogen and oxygen atoms in total. The molecule has 2 N–H and O–H groups in total. The van der Waals surface area contributed by atoms with Gasteiger partial charge in [-0.1, -0.05) is 30.0 Å². The molecule has 1 aromatic carbocycles. The van der Waals surface area contributed by atoms with Gasteiger partial charge in [-0.25, -0.2) is 4.98 Å². The van der Waals surface area contributed by atoms with E-state index in [-0.39, 0.29) is 23.6 Å². The average Bonchev–Trinajstić information content (AvgIpc) is 3.18. The van der Waals surface area contributed by atoms with E-state index in [0.717, 1.165) is 10.4 Å². The van der Waals surface area contributed by atoms with E-state index in [1.165, 1.54) is 30.0 Å². The summed E-state index contributed by atoms with van der Waals surface area (Å²) in [6.07, 6.45) is -0.000333. The Morgan fingerprint density at radius 2 is 2.14 bits per heavy atom. The van der Waals surface area contributed by atoms with Crippen LogP contribution in [0.5, 0.6) is 0 Å². The second-order valence-electron chi connectivity index (χ2n) is 5.79. The van der Waals surface area contributed by atoms with Gasteiger partial charge in [-0.15, -0.1) is 11.3 Å². The van der Waals surface area contributed by atoms with Crippen LogP contribution in [0.1, 0.15) is 16.1 Å². The van der Waals surface area contributed by atoms with Crippen LogP contribution in [0.2, 0.25) is 0 Å². The highest BCUT2D eigenvalue weighted by Crippen LogP contribution is 2.21. The predicted octanol–water partition coefficient (Wildman–Crippen LogP) is 2.89. The number of carbonyl (C=O) groups is 1. The normalized spacial score (nSPS) is 10.6. The number of hydrogen-bond acceptors (Lipinski definition) is 7. The van der Waals surface area contributed by atoms with Gasteiger partial charge in [0.2, 0.25) is 5.91 Å². The van der Waals surface area contributed by atoms with Crippen LogP contribution in [0.25, 0.3) is 0 Å². The summed E-state index contributed by atoms with van der Waals surface area (Å²) in [6, 6.07) is 11.4. The Bertz CT molecular complexity index is 1030. The van der Waals surface area contributed by atoms with Gasteiger partial charge in [0.15, 0.2) is 5.16 Å². The molecule has 0 saturated heterocycles. The van der Waals surface area contributed by atoms with Gasteiger partial charge >= 0.3 is 0 Å². The minimum absolute atomic E-state index is 0.000333. The predicted molar refractivity (Wildman–Crippen MR) is 107 cm³/mol. The van der Waals surface area contributed by atoms with Gasteiger partial charge in [-0.05, 0) is 17.0 Å². The molecule has 0 aliphatic carbocycles. The Hall–Kier alpha value is -2.98. The summed E-state index contributed by atoms with van der Waals surface area (Å²) in [5.41, 5.74) is 0.767. The summed E-state index contributed by atoms with van der Waals surface area (Å²) in [5, 5.41) is 15.9. The number of aromatic amines is 1. The van der Waals surface area contributed by atoms with Gasteiger partial charge < -0.3 is 10.3 Å². The van der Waals surface area contributed by atoms with Crippen LogP contribution in [0.4, 0.5) is 5.69 Å². The second kappa shape index (κ2) is 9.29. The third-order valence-corrected chi connectivity index (χ3v) is 5.47. The molecule has 28 heavy (non-hydrogen) atoms. The summed E-state index contributed by atoms with van der Waals surface area (Å²) in [5.74, 6) is 0.180. The molecule has 2 aromatic heterocycles. The van der Waals surface area contributed by atoms with Gasteiger partial charge in [0, 0.05) is 28.8 Å². The molecular formula is C18H16N4O4S2. The maximum Gasteiger partial charge on any atom is 0.269 e. The number of hydrogen-bond donors (Lipinski definition) is 2. The lowest BCUT2D eigenvalue weighted by Gasteiger charge is -2.06. The topological polar surface area (TPSA) is 118 Å². The molecule has 2 heterocycles. The number of H-pyrrole nitrogens is 1. The fourth-order valence-electron chi connectivity index (χ4n) is 2.38. The number of carbonyl (C=O) groups excluding carboxylic acids is 1. The zero-order valence-corrected chi connectivity index (χ0v) is 16.2.